The SMILES string of the molecule is CCc1ccsc1CNc1nc2c([N+](=O)[O-])cccc2o1. The van der Waals surface area contributed by atoms with Gasteiger partial charge in [-0.15, -0.1) is 11.3 Å². The minimum Gasteiger partial charge on any atom is -0.423 e. The Morgan fingerprint density at radius 3 is 3.05 bits per heavy atom. The molecule has 0 aliphatic heterocycles. The van der Waals surface area contributed by atoms with E-state index in [4.69, 9.17) is 4.42 Å². The van der Waals surface area contributed by atoms with Gasteiger partial charge in [0.25, 0.3) is 11.7 Å². The Balaban J connectivity index is 1.85. The molecule has 2 aromatic heterocycles. The average Bonchev–Trinajstić information content (AvgIpc) is 3.09. The molecule has 2 heterocycles. The van der Waals surface area contributed by atoms with Gasteiger partial charge in [0, 0.05) is 10.9 Å². The molecule has 0 unspecified atom stereocenters. The summed E-state index contributed by atoms with van der Waals surface area (Å²) in [7, 11) is 0. The third-order valence-electron chi connectivity index (χ3n) is 3.21. The highest BCUT2D eigenvalue weighted by molar-refractivity contribution is 7.10. The first-order chi connectivity index (χ1) is 10.2. The fourth-order valence-corrected chi connectivity index (χ4v) is 3.07. The van der Waals surface area contributed by atoms with E-state index in [1.165, 1.54) is 16.5 Å². The maximum absolute atomic E-state index is 11.0. The lowest BCUT2D eigenvalue weighted by atomic mass is 10.2. The van der Waals surface area contributed by atoms with Crippen molar-refractivity contribution in [3.63, 3.8) is 0 Å². The van der Waals surface area contributed by atoms with Crippen molar-refractivity contribution < 1.29 is 9.34 Å². The molecule has 0 saturated heterocycles. The van der Waals surface area contributed by atoms with Gasteiger partial charge in [0.15, 0.2) is 11.1 Å². The number of oxazole rings is 1. The van der Waals surface area contributed by atoms with Crippen molar-refractivity contribution in [2.24, 2.45) is 0 Å². The lowest BCUT2D eigenvalue weighted by molar-refractivity contribution is -0.383. The van der Waals surface area contributed by atoms with Crippen molar-refractivity contribution in [2.75, 3.05) is 5.32 Å². The van der Waals surface area contributed by atoms with Crippen LogP contribution in [0.4, 0.5) is 11.7 Å². The van der Waals surface area contributed by atoms with E-state index in [9.17, 15) is 10.1 Å². The molecule has 0 atom stereocenters. The molecule has 1 aromatic carbocycles. The van der Waals surface area contributed by atoms with Crippen LogP contribution in [0, 0.1) is 10.1 Å². The highest BCUT2D eigenvalue weighted by Gasteiger charge is 2.17. The van der Waals surface area contributed by atoms with Gasteiger partial charge in [-0.1, -0.05) is 13.0 Å². The molecule has 0 aliphatic carbocycles. The van der Waals surface area contributed by atoms with E-state index in [-0.39, 0.29) is 11.2 Å². The van der Waals surface area contributed by atoms with Gasteiger partial charge in [-0.25, -0.2) is 0 Å². The van der Waals surface area contributed by atoms with Crippen molar-refractivity contribution in [2.45, 2.75) is 19.9 Å². The van der Waals surface area contributed by atoms with Crippen LogP contribution in [0.3, 0.4) is 0 Å². The number of hydrogen-bond donors (Lipinski definition) is 1. The first-order valence-electron chi connectivity index (χ1n) is 6.52. The largest absolute Gasteiger partial charge is 0.423 e. The predicted octanol–water partition coefficient (Wildman–Crippen LogP) is 3.97. The second kappa shape index (κ2) is 5.53. The Morgan fingerprint density at radius 1 is 1.43 bits per heavy atom. The van der Waals surface area contributed by atoms with Crippen LogP contribution < -0.4 is 5.32 Å². The third kappa shape index (κ3) is 2.59. The number of nitro groups is 1. The van der Waals surface area contributed by atoms with E-state index in [0.29, 0.717) is 18.1 Å². The number of para-hydroxylation sites is 1. The zero-order valence-corrected chi connectivity index (χ0v) is 12.1. The molecule has 0 bridgehead atoms. The van der Waals surface area contributed by atoms with Crippen molar-refractivity contribution in [3.8, 4) is 0 Å². The van der Waals surface area contributed by atoms with Crippen LogP contribution in [0.1, 0.15) is 17.4 Å². The Labute approximate surface area is 124 Å². The summed E-state index contributed by atoms with van der Waals surface area (Å²) in [6.07, 6.45) is 0.972. The number of nitrogens with zero attached hydrogens (tertiary/aromatic N) is 2. The molecule has 21 heavy (non-hydrogen) atoms. The lowest BCUT2D eigenvalue weighted by Crippen LogP contribution is -1.99. The summed E-state index contributed by atoms with van der Waals surface area (Å²) in [6.45, 7) is 2.70. The molecule has 0 fully saturated rings. The number of benzene rings is 1. The monoisotopic (exact) mass is 303 g/mol. The Hall–Kier alpha value is -2.41. The summed E-state index contributed by atoms with van der Waals surface area (Å²) in [6, 6.07) is 7.07. The number of aromatic nitrogens is 1. The lowest BCUT2D eigenvalue weighted by Gasteiger charge is -2.01. The number of non-ortho nitro benzene ring substituents is 1. The standard InChI is InChI=1S/C14H13N3O3S/c1-2-9-6-7-21-12(9)8-15-14-16-13-10(17(18)19)4-3-5-11(13)20-14/h3-7H,2,8H2,1H3,(H,15,16). The highest BCUT2D eigenvalue weighted by Crippen LogP contribution is 2.28. The first kappa shape index (κ1) is 13.6. The maximum Gasteiger partial charge on any atom is 0.298 e. The fourth-order valence-electron chi connectivity index (χ4n) is 2.15. The van der Waals surface area contributed by atoms with E-state index in [1.807, 2.05) is 5.38 Å². The average molecular weight is 303 g/mol. The number of fused-ring (bicyclic) bond motifs is 1. The van der Waals surface area contributed by atoms with Crippen LogP contribution >= 0.6 is 11.3 Å². The normalized spacial score (nSPS) is 10.9. The second-order valence-corrected chi connectivity index (χ2v) is 5.48. The van der Waals surface area contributed by atoms with Gasteiger partial charge in [-0.2, -0.15) is 4.98 Å². The third-order valence-corrected chi connectivity index (χ3v) is 4.18. The number of nitrogens with one attached hydrogen (secondary N) is 1. The first-order valence-corrected chi connectivity index (χ1v) is 7.40. The summed E-state index contributed by atoms with van der Waals surface area (Å²) in [5.74, 6) is 0. The highest BCUT2D eigenvalue weighted by atomic mass is 32.1. The molecule has 0 aliphatic rings. The van der Waals surface area contributed by atoms with E-state index < -0.39 is 4.92 Å². The zero-order valence-electron chi connectivity index (χ0n) is 11.3. The number of thiophene rings is 1. The minimum absolute atomic E-state index is 0.0466. The van der Waals surface area contributed by atoms with Crippen molar-refractivity contribution in [1.82, 2.24) is 4.98 Å². The second-order valence-electron chi connectivity index (χ2n) is 4.48. The molecule has 6 nitrogen and oxygen atoms in total. The maximum atomic E-state index is 11.0. The van der Waals surface area contributed by atoms with Gasteiger partial charge < -0.3 is 9.73 Å². The van der Waals surface area contributed by atoms with Gasteiger partial charge in [0.1, 0.15) is 0 Å². The fraction of sp³-hybridized carbons (Fsp3) is 0.214. The van der Waals surface area contributed by atoms with E-state index in [0.717, 1.165) is 6.42 Å². The molecule has 0 saturated carbocycles. The van der Waals surface area contributed by atoms with Gasteiger partial charge in [0.2, 0.25) is 0 Å². The molecule has 1 N–H and O–H groups in total. The van der Waals surface area contributed by atoms with E-state index >= 15 is 0 Å². The van der Waals surface area contributed by atoms with Gasteiger partial charge in [-0.3, -0.25) is 10.1 Å². The van der Waals surface area contributed by atoms with Crippen LogP contribution in [-0.4, -0.2) is 9.91 Å². The van der Waals surface area contributed by atoms with Gasteiger partial charge in [0.05, 0.1) is 11.5 Å². The topological polar surface area (TPSA) is 81.2 Å². The number of aryl methyl sites for hydroxylation is 1. The molecule has 3 aromatic rings. The van der Waals surface area contributed by atoms with Crippen molar-refractivity contribution in [1.29, 1.82) is 0 Å². The summed E-state index contributed by atoms with van der Waals surface area (Å²) >= 11 is 1.67. The molecule has 3 rings (SSSR count). The van der Waals surface area contributed by atoms with E-state index in [1.54, 1.807) is 23.5 Å². The summed E-state index contributed by atoms with van der Waals surface area (Å²) in [5.41, 5.74) is 1.92. The van der Waals surface area contributed by atoms with E-state index in [2.05, 4.69) is 23.3 Å². The van der Waals surface area contributed by atoms with Crippen molar-refractivity contribution in [3.05, 3.63) is 50.2 Å². The quantitative estimate of drug-likeness (QED) is 0.569. The summed E-state index contributed by atoms with van der Waals surface area (Å²) in [4.78, 5) is 15.9. The van der Waals surface area contributed by atoms with Crippen LogP contribution in [-0.2, 0) is 13.0 Å². The van der Waals surface area contributed by atoms with Crippen LogP contribution in [0.25, 0.3) is 11.1 Å². The molecule has 0 radical (unpaired) electrons. The summed E-state index contributed by atoms with van der Waals surface area (Å²) < 4.78 is 5.51. The van der Waals surface area contributed by atoms with Gasteiger partial charge >= 0.3 is 0 Å². The molecule has 0 spiro atoms. The summed E-state index contributed by atoms with van der Waals surface area (Å²) in [5, 5.41) is 16.1. The molecule has 108 valence electrons. The van der Waals surface area contributed by atoms with Crippen LogP contribution in [0.5, 0.6) is 0 Å². The molecular formula is C14H13N3O3S. The van der Waals surface area contributed by atoms with Gasteiger partial charge in [-0.05, 0) is 29.5 Å². The number of nitro benzene ring substituents is 1. The Morgan fingerprint density at radius 2 is 2.29 bits per heavy atom. The Bertz CT molecular complexity index is 794. The van der Waals surface area contributed by atoms with Crippen molar-refractivity contribution >= 4 is 34.1 Å². The molecular weight excluding hydrogens is 290 g/mol. The minimum atomic E-state index is -0.455. The molecule has 7 heteroatoms. The number of rotatable bonds is 5. The number of hydrogen-bond acceptors (Lipinski definition) is 6. The smallest absolute Gasteiger partial charge is 0.298 e. The Kier molecular flexibility index (Phi) is 3.57. The number of anilines is 1. The predicted molar refractivity (Wildman–Crippen MR) is 81.7 cm³/mol. The molecule has 0 amide bonds. The van der Waals surface area contributed by atoms with Crippen LogP contribution in [0.2, 0.25) is 0 Å². The van der Waals surface area contributed by atoms with Crippen LogP contribution in [0.15, 0.2) is 34.1 Å². The zero-order chi connectivity index (χ0) is 14.8.